The van der Waals surface area contributed by atoms with Gasteiger partial charge in [-0.1, -0.05) is 18.2 Å². The Bertz CT molecular complexity index is 809. The Morgan fingerprint density at radius 3 is 2.54 bits per heavy atom. The third-order valence-corrected chi connectivity index (χ3v) is 3.87. The number of hydrogen-bond donors (Lipinski definition) is 1. The van der Waals surface area contributed by atoms with Gasteiger partial charge in [-0.25, -0.2) is 4.79 Å². The zero-order chi connectivity index (χ0) is 18.7. The summed E-state index contributed by atoms with van der Waals surface area (Å²) in [6.07, 6.45) is -4.47. The number of nitrogens with one attached hydrogen (secondary N) is 1. The van der Waals surface area contributed by atoms with E-state index in [1.807, 2.05) is 0 Å². The topological polar surface area (TPSA) is 50.8 Å². The van der Waals surface area contributed by atoms with Crippen LogP contribution < -0.4 is 14.8 Å². The van der Waals surface area contributed by atoms with Crippen molar-refractivity contribution < 1.29 is 27.4 Å². The minimum atomic E-state index is -4.47. The first-order chi connectivity index (χ1) is 12.3. The van der Waals surface area contributed by atoms with Crippen LogP contribution in [0.1, 0.15) is 11.1 Å². The van der Waals surface area contributed by atoms with Crippen molar-refractivity contribution in [1.82, 2.24) is 4.90 Å². The Kier molecular flexibility index (Phi) is 4.92. The van der Waals surface area contributed by atoms with Gasteiger partial charge in [0.2, 0.25) is 0 Å². The average Bonchev–Trinajstić information content (AvgIpc) is 2.61. The van der Waals surface area contributed by atoms with Gasteiger partial charge in [0.1, 0.15) is 13.2 Å². The van der Waals surface area contributed by atoms with Crippen LogP contribution in [0.15, 0.2) is 42.5 Å². The van der Waals surface area contributed by atoms with Gasteiger partial charge < -0.3 is 19.7 Å². The number of amides is 2. The van der Waals surface area contributed by atoms with E-state index in [4.69, 9.17) is 9.47 Å². The van der Waals surface area contributed by atoms with Crippen LogP contribution in [0.25, 0.3) is 0 Å². The Balaban J connectivity index is 1.69. The number of ether oxygens (including phenoxy) is 2. The molecule has 0 aliphatic carbocycles. The van der Waals surface area contributed by atoms with E-state index in [0.29, 0.717) is 30.4 Å². The molecular weight excluding hydrogens is 349 g/mol. The van der Waals surface area contributed by atoms with Gasteiger partial charge in [0.25, 0.3) is 0 Å². The van der Waals surface area contributed by atoms with Gasteiger partial charge in [0, 0.05) is 25.3 Å². The SMILES string of the molecule is CN(Cc1ccccc1C(F)(F)F)C(=O)Nc1ccc2c(c1)OCCO2. The van der Waals surface area contributed by atoms with E-state index in [2.05, 4.69) is 5.32 Å². The molecule has 0 atom stereocenters. The number of nitrogens with zero attached hydrogens (tertiary/aromatic N) is 1. The molecule has 138 valence electrons. The normalized spacial score (nSPS) is 13.2. The number of carbonyl (C=O) groups excluding carboxylic acids is 1. The second-order valence-electron chi connectivity index (χ2n) is 5.80. The van der Waals surface area contributed by atoms with E-state index in [0.717, 1.165) is 6.07 Å². The molecule has 5 nitrogen and oxygen atoms in total. The smallest absolute Gasteiger partial charge is 0.416 e. The molecule has 0 radical (unpaired) electrons. The summed E-state index contributed by atoms with van der Waals surface area (Å²) >= 11 is 0. The molecule has 2 aromatic rings. The molecule has 2 aromatic carbocycles. The van der Waals surface area contributed by atoms with Gasteiger partial charge in [0.05, 0.1) is 5.56 Å². The summed E-state index contributed by atoms with van der Waals surface area (Å²) in [5.74, 6) is 1.10. The summed E-state index contributed by atoms with van der Waals surface area (Å²) < 4.78 is 50.0. The van der Waals surface area contributed by atoms with Crippen LogP contribution in [0, 0.1) is 0 Å². The molecule has 0 saturated carbocycles. The van der Waals surface area contributed by atoms with Crippen LogP contribution >= 0.6 is 0 Å². The fourth-order valence-corrected chi connectivity index (χ4v) is 2.60. The van der Waals surface area contributed by atoms with Crippen LogP contribution in [0.5, 0.6) is 11.5 Å². The molecule has 26 heavy (non-hydrogen) atoms. The molecule has 0 bridgehead atoms. The summed E-state index contributed by atoms with van der Waals surface area (Å²) in [6.45, 7) is 0.699. The number of fused-ring (bicyclic) bond motifs is 1. The lowest BCUT2D eigenvalue weighted by Crippen LogP contribution is -2.31. The van der Waals surface area contributed by atoms with Crippen LogP contribution in [0.2, 0.25) is 0 Å². The van der Waals surface area contributed by atoms with Crippen molar-refractivity contribution in [1.29, 1.82) is 0 Å². The van der Waals surface area contributed by atoms with Crippen molar-refractivity contribution in [3.8, 4) is 11.5 Å². The van der Waals surface area contributed by atoms with E-state index < -0.39 is 17.8 Å². The summed E-state index contributed by atoms with van der Waals surface area (Å²) in [7, 11) is 1.43. The highest BCUT2D eigenvalue weighted by Gasteiger charge is 2.33. The van der Waals surface area contributed by atoms with Crippen molar-refractivity contribution in [3.63, 3.8) is 0 Å². The second-order valence-corrected chi connectivity index (χ2v) is 5.80. The quantitative estimate of drug-likeness (QED) is 0.888. The molecule has 1 aliphatic heterocycles. The van der Waals surface area contributed by atoms with Crippen LogP contribution in [0.3, 0.4) is 0 Å². The van der Waals surface area contributed by atoms with Crippen LogP contribution in [0.4, 0.5) is 23.7 Å². The molecule has 1 aliphatic rings. The van der Waals surface area contributed by atoms with Gasteiger partial charge in [-0.2, -0.15) is 13.2 Å². The van der Waals surface area contributed by atoms with Gasteiger partial charge in [0.15, 0.2) is 11.5 Å². The molecule has 0 aromatic heterocycles. The van der Waals surface area contributed by atoms with E-state index in [1.54, 1.807) is 18.2 Å². The molecule has 1 heterocycles. The molecular formula is C18H17F3N2O3. The lowest BCUT2D eigenvalue weighted by atomic mass is 10.1. The number of hydrogen-bond acceptors (Lipinski definition) is 3. The van der Waals surface area contributed by atoms with Gasteiger partial charge >= 0.3 is 12.2 Å². The average molecular weight is 366 g/mol. The molecule has 2 amide bonds. The largest absolute Gasteiger partial charge is 0.486 e. The number of halogens is 3. The standard InChI is InChI=1S/C18H17F3N2O3/c1-23(11-12-4-2-3-5-14(12)18(19,20)21)17(24)22-13-6-7-15-16(10-13)26-9-8-25-15/h2-7,10H,8-9,11H2,1H3,(H,22,24). The predicted molar refractivity (Wildman–Crippen MR) is 89.4 cm³/mol. The number of urea groups is 1. The van der Waals surface area contributed by atoms with E-state index in [1.165, 1.54) is 30.1 Å². The summed E-state index contributed by atoms with van der Waals surface area (Å²) in [4.78, 5) is 13.5. The minimum absolute atomic E-state index is 0.0276. The number of rotatable bonds is 3. The summed E-state index contributed by atoms with van der Waals surface area (Å²) in [5.41, 5.74) is -0.256. The van der Waals surface area contributed by atoms with Gasteiger partial charge in [-0.15, -0.1) is 0 Å². The maximum Gasteiger partial charge on any atom is 0.416 e. The molecule has 0 fully saturated rings. The number of carbonyl (C=O) groups is 1. The third-order valence-electron chi connectivity index (χ3n) is 3.87. The summed E-state index contributed by atoms with van der Waals surface area (Å²) in [5, 5.41) is 2.64. The highest BCUT2D eigenvalue weighted by Crippen LogP contribution is 2.33. The number of alkyl halides is 3. The third kappa shape index (κ3) is 4.01. The monoisotopic (exact) mass is 366 g/mol. The zero-order valence-electron chi connectivity index (χ0n) is 14.0. The summed E-state index contributed by atoms with van der Waals surface area (Å²) in [6, 6.07) is 9.59. The fourth-order valence-electron chi connectivity index (χ4n) is 2.60. The first-order valence-electron chi connectivity index (χ1n) is 7.91. The molecule has 0 unspecified atom stereocenters. The van der Waals surface area contributed by atoms with Crippen molar-refractivity contribution in [3.05, 3.63) is 53.6 Å². The Morgan fingerprint density at radius 2 is 1.81 bits per heavy atom. The molecule has 3 rings (SSSR count). The lowest BCUT2D eigenvalue weighted by molar-refractivity contribution is -0.138. The zero-order valence-corrected chi connectivity index (χ0v) is 14.0. The highest BCUT2D eigenvalue weighted by atomic mass is 19.4. The molecule has 0 spiro atoms. The minimum Gasteiger partial charge on any atom is -0.486 e. The van der Waals surface area contributed by atoms with Crippen LogP contribution in [-0.4, -0.2) is 31.2 Å². The second kappa shape index (κ2) is 7.15. The maximum absolute atomic E-state index is 13.1. The Morgan fingerprint density at radius 1 is 1.12 bits per heavy atom. The molecule has 0 saturated heterocycles. The highest BCUT2D eigenvalue weighted by molar-refractivity contribution is 5.89. The fraction of sp³-hybridized carbons (Fsp3) is 0.278. The van der Waals surface area contributed by atoms with Crippen molar-refractivity contribution in [2.75, 3.05) is 25.6 Å². The van der Waals surface area contributed by atoms with Crippen molar-refractivity contribution in [2.45, 2.75) is 12.7 Å². The van der Waals surface area contributed by atoms with E-state index >= 15 is 0 Å². The Labute approximate surface area is 148 Å². The molecule has 8 heteroatoms. The first-order valence-corrected chi connectivity index (χ1v) is 7.91. The van der Waals surface area contributed by atoms with Crippen molar-refractivity contribution >= 4 is 11.7 Å². The van der Waals surface area contributed by atoms with Crippen LogP contribution in [-0.2, 0) is 12.7 Å². The Hall–Kier alpha value is -2.90. The first kappa shape index (κ1) is 17.9. The van der Waals surface area contributed by atoms with E-state index in [-0.39, 0.29) is 12.1 Å². The van der Waals surface area contributed by atoms with E-state index in [9.17, 15) is 18.0 Å². The number of anilines is 1. The number of benzene rings is 2. The lowest BCUT2D eigenvalue weighted by Gasteiger charge is -2.22. The van der Waals surface area contributed by atoms with Crippen molar-refractivity contribution in [2.24, 2.45) is 0 Å². The van der Waals surface area contributed by atoms with Gasteiger partial charge in [-0.05, 0) is 23.8 Å². The predicted octanol–water partition coefficient (Wildman–Crippen LogP) is 4.14. The maximum atomic E-state index is 13.1. The van der Waals surface area contributed by atoms with Gasteiger partial charge in [-0.3, -0.25) is 0 Å². The molecule has 1 N–H and O–H groups in total.